The van der Waals surface area contributed by atoms with Crippen LogP contribution in [0.25, 0.3) is 0 Å². The van der Waals surface area contributed by atoms with Crippen molar-refractivity contribution in [1.82, 2.24) is 0 Å². The van der Waals surface area contributed by atoms with Gasteiger partial charge in [0.05, 0.1) is 6.61 Å². The summed E-state index contributed by atoms with van der Waals surface area (Å²) >= 11 is 1.00. The number of nitrogens with zero attached hydrogens (tertiary/aromatic N) is 1. The van der Waals surface area contributed by atoms with Crippen LogP contribution in [0.1, 0.15) is 6.92 Å². The molecule has 0 amide bonds. The number of aliphatic imine (C=N–C) groups is 1. The van der Waals surface area contributed by atoms with Gasteiger partial charge >= 0.3 is 13.8 Å². The van der Waals surface area contributed by atoms with Gasteiger partial charge in [0, 0.05) is 10.6 Å². The smallest absolute Gasteiger partial charge is 0.469 e. The molecule has 0 bridgehead atoms. The van der Waals surface area contributed by atoms with Gasteiger partial charge < -0.3 is 14.9 Å². The van der Waals surface area contributed by atoms with Gasteiger partial charge in [-0.05, 0) is 13.0 Å². The van der Waals surface area contributed by atoms with Gasteiger partial charge in [0.2, 0.25) is 0 Å². The molecule has 0 saturated carbocycles. The molecule has 7 nitrogen and oxygen atoms in total. The largest absolute Gasteiger partial charge is 0.479 e. The number of carbonyl (C=O) groups is 1. The lowest BCUT2D eigenvalue weighted by Gasteiger charge is -2.02. The summed E-state index contributed by atoms with van der Waals surface area (Å²) in [5.74, 6) is -1.05. The van der Waals surface area contributed by atoms with E-state index in [-0.39, 0.29) is 6.61 Å². The second kappa shape index (κ2) is 5.11. The number of aliphatic carboxylic acids is 1. The van der Waals surface area contributed by atoms with Crippen molar-refractivity contribution in [3.05, 3.63) is 11.0 Å². The maximum absolute atomic E-state index is 10.6. The first kappa shape index (κ1) is 13.4. The van der Waals surface area contributed by atoms with Crippen LogP contribution in [0.2, 0.25) is 0 Å². The fourth-order valence-corrected chi connectivity index (χ4v) is 2.19. The van der Waals surface area contributed by atoms with E-state index in [0.29, 0.717) is 10.6 Å². The summed E-state index contributed by atoms with van der Waals surface area (Å²) in [5.41, 5.74) is 0.520. The second-order valence-corrected chi connectivity index (χ2v) is 5.24. The first-order chi connectivity index (χ1) is 7.29. The summed E-state index contributed by atoms with van der Waals surface area (Å²) in [4.78, 5) is 31.9. The number of phosphoric acid groups is 1. The fourth-order valence-electron chi connectivity index (χ4n) is 0.983. The molecule has 0 saturated heterocycles. The van der Waals surface area contributed by atoms with Gasteiger partial charge in [-0.2, -0.15) is 0 Å². The van der Waals surface area contributed by atoms with Crippen LogP contribution < -0.4 is 0 Å². The van der Waals surface area contributed by atoms with E-state index in [1.165, 1.54) is 6.08 Å². The minimum absolute atomic E-state index is 0.286. The van der Waals surface area contributed by atoms with Crippen LogP contribution in [0.5, 0.6) is 0 Å². The fraction of sp³-hybridized carbons (Fsp3) is 0.429. The van der Waals surface area contributed by atoms with Crippen molar-refractivity contribution in [3.63, 3.8) is 0 Å². The Morgan fingerprint density at radius 2 is 2.31 bits per heavy atom. The van der Waals surface area contributed by atoms with Crippen molar-refractivity contribution in [1.29, 1.82) is 0 Å². The van der Waals surface area contributed by atoms with Crippen LogP contribution in [0, 0.1) is 0 Å². The standard InChI is InChI=1S/C7H10NO6PS/c1-4-5(2-3-14-15(11,12)13)16-6(8-4)7(9)10/h2,6H,3H2,1H3,(H,9,10)(H2,11,12,13)/b5-2+. The third-order valence-corrected chi connectivity index (χ3v) is 3.36. The highest BCUT2D eigenvalue weighted by atomic mass is 32.2. The van der Waals surface area contributed by atoms with Crippen molar-refractivity contribution >= 4 is 31.3 Å². The summed E-state index contributed by atoms with van der Waals surface area (Å²) in [6.45, 7) is 1.34. The average molecular weight is 267 g/mol. The quantitative estimate of drug-likeness (QED) is 0.638. The van der Waals surface area contributed by atoms with Crippen LogP contribution in [0.15, 0.2) is 16.0 Å². The van der Waals surface area contributed by atoms with Crippen molar-refractivity contribution in [2.45, 2.75) is 12.3 Å². The van der Waals surface area contributed by atoms with E-state index in [1.807, 2.05) is 0 Å². The number of hydrogen-bond donors (Lipinski definition) is 3. The topological polar surface area (TPSA) is 116 Å². The molecule has 0 aliphatic carbocycles. The molecular weight excluding hydrogens is 257 g/mol. The highest BCUT2D eigenvalue weighted by molar-refractivity contribution is 8.05. The molecule has 3 N–H and O–H groups in total. The molecule has 16 heavy (non-hydrogen) atoms. The first-order valence-electron chi connectivity index (χ1n) is 4.14. The Kier molecular flexibility index (Phi) is 4.28. The number of thioether (sulfide) groups is 1. The number of carboxylic acid groups (broad SMARTS) is 1. The SMILES string of the molecule is CC1=NC(C(=O)O)S/C1=C/COP(=O)(O)O. The van der Waals surface area contributed by atoms with E-state index in [2.05, 4.69) is 9.52 Å². The number of carboxylic acids is 1. The summed E-state index contributed by atoms with van der Waals surface area (Å²) in [5, 5.41) is 7.80. The predicted octanol–water partition coefficient (Wildman–Crippen LogP) is 0.598. The maximum Gasteiger partial charge on any atom is 0.469 e. The summed E-state index contributed by atoms with van der Waals surface area (Å²) in [7, 11) is -4.49. The van der Waals surface area contributed by atoms with E-state index in [1.54, 1.807) is 6.92 Å². The molecule has 0 radical (unpaired) electrons. The van der Waals surface area contributed by atoms with E-state index < -0.39 is 19.2 Å². The molecule has 1 atom stereocenters. The highest BCUT2D eigenvalue weighted by Crippen LogP contribution is 2.36. The van der Waals surface area contributed by atoms with Crippen LogP contribution in [0.4, 0.5) is 0 Å². The van der Waals surface area contributed by atoms with Gasteiger partial charge in [-0.25, -0.2) is 9.36 Å². The number of phosphoric ester groups is 1. The second-order valence-electron chi connectivity index (χ2n) is 2.88. The predicted molar refractivity (Wildman–Crippen MR) is 58.2 cm³/mol. The lowest BCUT2D eigenvalue weighted by Crippen LogP contribution is -2.10. The number of allylic oxidation sites excluding steroid dienone is 1. The van der Waals surface area contributed by atoms with Gasteiger partial charge in [-0.15, -0.1) is 0 Å². The first-order valence-corrected chi connectivity index (χ1v) is 6.55. The van der Waals surface area contributed by atoms with E-state index in [0.717, 1.165) is 11.8 Å². The number of hydrogen-bond acceptors (Lipinski definition) is 5. The Balaban J connectivity index is 2.58. The van der Waals surface area contributed by atoms with Crippen LogP contribution in [-0.4, -0.2) is 38.6 Å². The van der Waals surface area contributed by atoms with E-state index >= 15 is 0 Å². The molecule has 0 aromatic heterocycles. The van der Waals surface area contributed by atoms with Crippen molar-refractivity contribution < 1.29 is 28.8 Å². The van der Waals surface area contributed by atoms with E-state index in [4.69, 9.17) is 14.9 Å². The monoisotopic (exact) mass is 267 g/mol. The van der Waals surface area contributed by atoms with Gasteiger partial charge in [0.15, 0.2) is 5.37 Å². The Bertz CT molecular complexity index is 400. The molecule has 0 fully saturated rings. The molecular formula is C7H10NO6PS. The highest BCUT2D eigenvalue weighted by Gasteiger charge is 2.26. The lowest BCUT2D eigenvalue weighted by molar-refractivity contribution is -0.136. The van der Waals surface area contributed by atoms with Crippen LogP contribution in [0.3, 0.4) is 0 Å². The lowest BCUT2D eigenvalue weighted by atomic mass is 10.3. The normalized spacial score (nSPS) is 23.6. The molecule has 1 aliphatic rings. The Labute approximate surface area is 95.5 Å². The van der Waals surface area contributed by atoms with Crippen molar-refractivity contribution in [2.75, 3.05) is 6.61 Å². The van der Waals surface area contributed by atoms with Crippen molar-refractivity contribution in [2.24, 2.45) is 4.99 Å². The third kappa shape index (κ3) is 4.07. The molecule has 1 aliphatic heterocycles. The maximum atomic E-state index is 10.6. The van der Waals surface area contributed by atoms with Gasteiger partial charge in [0.1, 0.15) is 0 Å². The number of rotatable bonds is 4. The van der Waals surface area contributed by atoms with Crippen molar-refractivity contribution in [3.8, 4) is 0 Å². The Hall–Kier alpha value is -0.660. The molecule has 9 heteroatoms. The minimum Gasteiger partial charge on any atom is -0.479 e. The molecule has 1 rings (SSSR count). The summed E-state index contributed by atoms with van der Waals surface area (Å²) < 4.78 is 14.6. The van der Waals surface area contributed by atoms with Crippen LogP contribution >= 0.6 is 19.6 Å². The molecule has 0 aromatic rings. The molecule has 1 unspecified atom stereocenters. The average Bonchev–Trinajstić information content (AvgIpc) is 2.46. The Morgan fingerprint density at radius 1 is 1.69 bits per heavy atom. The Morgan fingerprint density at radius 3 is 2.75 bits per heavy atom. The zero-order chi connectivity index (χ0) is 12.3. The zero-order valence-electron chi connectivity index (χ0n) is 8.23. The summed E-state index contributed by atoms with van der Waals surface area (Å²) in [6, 6.07) is 0. The summed E-state index contributed by atoms with van der Waals surface area (Å²) in [6.07, 6.45) is 1.39. The third-order valence-electron chi connectivity index (χ3n) is 1.63. The van der Waals surface area contributed by atoms with E-state index in [9.17, 15) is 9.36 Å². The molecule has 1 heterocycles. The molecule has 0 aromatic carbocycles. The molecule has 0 spiro atoms. The minimum atomic E-state index is -4.49. The molecule has 90 valence electrons. The zero-order valence-corrected chi connectivity index (χ0v) is 9.94. The van der Waals surface area contributed by atoms with Gasteiger partial charge in [0.25, 0.3) is 0 Å². The van der Waals surface area contributed by atoms with Crippen LogP contribution in [-0.2, 0) is 13.9 Å². The van der Waals surface area contributed by atoms with Gasteiger partial charge in [-0.1, -0.05) is 11.8 Å². The van der Waals surface area contributed by atoms with Gasteiger partial charge in [-0.3, -0.25) is 9.52 Å².